The fourth-order valence-electron chi connectivity index (χ4n) is 1.33. The summed E-state index contributed by atoms with van der Waals surface area (Å²) >= 11 is 7.04. The van der Waals surface area contributed by atoms with Crippen LogP contribution in [0.2, 0.25) is 5.02 Å². The third-order valence-electron chi connectivity index (χ3n) is 2.14. The van der Waals surface area contributed by atoms with Gasteiger partial charge in [-0.05, 0) is 11.6 Å². The second kappa shape index (κ2) is 5.41. The maximum atomic E-state index is 13.2. The van der Waals surface area contributed by atoms with Crippen LogP contribution in [0.3, 0.4) is 0 Å². The molecule has 0 amide bonds. The molecule has 0 aliphatic heterocycles. The van der Waals surface area contributed by atoms with E-state index in [1.54, 1.807) is 12.1 Å². The van der Waals surface area contributed by atoms with Crippen LogP contribution in [0.1, 0.15) is 5.56 Å². The number of halogens is 2. The molecule has 0 bridgehead atoms. The molecule has 0 fully saturated rings. The fourth-order valence-corrected chi connectivity index (χ4v) is 2.48. The minimum absolute atomic E-state index is 0.0799. The van der Waals surface area contributed by atoms with E-state index in [4.69, 9.17) is 17.3 Å². The van der Waals surface area contributed by atoms with Crippen LogP contribution >= 0.6 is 23.4 Å². The Balaban J connectivity index is 2.16. The van der Waals surface area contributed by atoms with Crippen molar-refractivity contribution in [1.29, 1.82) is 0 Å². The van der Waals surface area contributed by atoms with Gasteiger partial charge in [0.15, 0.2) is 5.16 Å². The molecule has 0 unspecified atom stereocenters. The summed E-state index contributed by atoms with van der Waals surface area (Å²) in [6.07, 6.45) is 0. The van der Waals surface area contributed by atoms with Crippen molar-refractivity contribution in [2.75, 3.05) is 5.73 Å². The van der Waals surface area contributed by atoms with Gasteiger partial charge in [0.2, 0.25) is 0 Å². The molecule has 18 heavy (non-hydrogen) atoms. The number of hydrogen-bond acceptors (Lipinski definition) is 4. The summed E-state index contributed by atoms with van der Waals surface area (Å²) in [5, 5.41) is 0.455. The zero-order valence-corrected chi connectivity index (χ0v) is 10.7. The molecule has 7 heteroatoms. The topological polar surface area (TPSA) is 71.8 Å². The largest absolute Gasteiger partial charge is 0.383 e. The summed E-state index contributed by atoms with van der Waals surface area (Å²) in [6, 6.07) is 5.77. The highest BCUT2D eigenvalue weighted by molar-refractivity contribution is 7.98. The fraction of sp³-hybridized carbons (Fsp3) is 0.0909. The molecule has 2 aromatic rings. The van der Waals surface area contributed by atoms with Crippen LogP contribution in [0.5, 0.6) is 0 Å². The predicted molar refractivity (Wildman–Crippen MR) is 70.2 cm³/mol. The molecule has 2 rings (SSSR count). The predicted octanol–water partition coefficient (Wildman–Crippen LogP) is 2.44. The highest BCUT2D eigenvalue weighted by atomic mass is 35.5. The number of thioether (sulfide) groups is 1. The number of rotatable bonds is 3. The molecule has 0 spiro atoms. The number of hydrogen-bond donors (Lipinski definition) is 2. The summed E-state index contributed by atoms with van der Waals surface area (Å²) in [4.78, 5) is 17.6. The molecule has 1 aromatic heterocycles. The van der Waals surface area contributed by atoms with Crippen molar-refractivity contribution in [3.63, 3.8) is 0 Å². The van der Waals surface area contributed by atoms with E-state index in [0.29, 0.717) is 16.5 Å². The van der Waals surface area contributed by atoms with E-state index < -0.39 is 5.82 Å². The molecule has 1 heterocycles. The summed E-state index contributed by atoms with van der Waals surface area (Å²) in [5.74, 6) is 0.0681. The first-order chi connectivity index (χ1) is 8.56. The molecule has 0 aliphatic rings. The number of aromatic amines is 1. The number of nitrogen functional groups attached to an aromatic ring is 1. The normalized spacial score (nSPS) is 10.6. The molecule has 1 aromatic carbocycles. The molecule has 0 atom stereocenters. The van der Waals surface area contributed by atoms with E-state index in [1.807, 2.05) is 0 Å². The van der Waals surface area contributed by atoms with Crippen molar-refractivity contribution in [3.8, 4) is 0 Å². The second-order valence-corrected chi connectivity index (χ2v) is 4.82. The Morgan fingerprint density at radius 1 is 1.50 bits per heavy atom. The molecular weight excluding hydrogens is 277 g/mol. The highest BCUT2D eigenvalue weighted by Crippen LogP contribution is 2.26. The number of anilines is 1. The Bertz CT molecular complexity index is 632. The zero-order chi connectivity index (χ0) is 13.1. The van der Waals surface area contributed by atoms with Crippen LogP contribution < -0.4 is 11.3 Å². The number of nitrogens with zero attached hydrogens (tertiary/aromatic N) is 1. The first kappa shape index (κ1) is 12.9. The van der Waals surface area contributed by atoms with Crippen LogP contribution in [-0.2, 0) is 5.75 Å². The van der Waals surface area contributed by atoms with Gasteiger partial charge in [-0.25, -0.2) is 9.37 Å². The number of H-pyrrole nitrogens is 1. The van der Waals surface area contributed by atoms with Crippen LogP contribution in [-0.4, -0.2) is 9.97 Å². The molecular formula is C11H9ClFN3OS. The van der Waals surface area contributed by atoms with Crippen LogP contribution in [0, 0.1) is 5.82 Å². The van der Waals surface area contributed by atoms with Gasteiger partial charge in [-0.1, -0.05) is 35.5 Å². The Morgan fingerprint density at radius 2 is 2.28 bits per heavy atom. The van der Waals surface area contributed by atoms with Crippen LogP contribution in [0.15, 0.2) is 34.2 Å². The van der Waals surface area contributed by atoms with Gasteiger partial charge in [0, 0.05) is 11.8 Å². The van der Waals surface area contributed by atoms with Crippen molar-refractivity contribution < 1.29 is 4.39 Å². The smallest absolute Gasteiger partial charge is 0.253 e. The average Bonchev–Trinajstić information content (AvgIpc) is 2.30. The SMILES string of the molecule is Nc1cc(=O)[nH]c(SCc2cccc(F)c2Cl)n1. The van der Waals surface area contributed by atoms with Crippen molar-refractivity contribution in [2.45, 2.75) is 10.9 Å². The van der Waals surface area contributed by atoms with E-state index >= 15 is 0 Å². The van der Waals surface area contributed by atoms with Gasteiger partial charge in [-0.15, -0.1) is 0 Å². The number of nitrogens with one attached hydrogen (secondary N) is 1. The Labute approximate surface area is 111 Å². The summed E-state index contributed by atoms with van der Waals surface area (Å²) in [6.45, 7) is 0. The van der Waals surface area contributed by atoms with E-state index in [0.717, 1.165) is 0 Å². The maximum Gasteiger partial charge on any atom is 0.253 e. The van der Waals surface area contributed by atoms with Crippen molar-refractivity contribution >= 4 is 29.2 Å². The van der Waals surface area contributed by atoms with Gasteiger partial charge in [-0.3, -0.25) is 4.79 Å². The minimum Gasteiger partial charge on any atom is -0.383 e. The monoisotopic (exact) mass is 285 g/mol. The third-order valence-corrected chi connectivity index (χ3v) is 3.48. The van der Waals surface area contributed by atoms with Gasteiger partial charge in [0.25, 0.3) is 5.56 Å². The van der Waals surface area contributed by atoms with Crippen LogP contribution in [0.4, 0.5) is 10.2 Å². The summed E-state index contributed by atoms with van der Waals surface area (Å²) < 4.78 is 13.2. The third kappa shape index (κ3) is 3.02. The van der Waals surface area contributed by atoms with E-state index in [-0.39, 0.29) is 16.4 Å². The van der Waals surface area contributed by atoms with Gasteiger partial charge in [0.1, 0.15) is 11.6 Å². The quantitative estimate of drug-likeness (QED) is 0.671. The first-order valence-corrected chi connectivity index (χ1v) is 6.35. The standard InChI is InChI=1S/C11H9ClFN3OS/c12-10-6(2-1-3-7(10)13)5-18-11-15-8(14)4-9(17)16-11/h1-4H,5H2,(H3,14,15,16,17). The van der Waals surface area contributed by atoms with E-state index in [2.05, 4.69) is 9.97 Å². The Morgan fingerprint density at radius 3 is 3.00 bits per heavy atom. The minimum atomic E-state index is -0.469. The second-order valence-electron chi connectivity index (χ2n) is 3.48. The lowest BCUT2D eigenvalue weighted by atomic mass is 10.2. The summed E-state index contributed by atoms with van der Waals surface area (Å²) in [5.41, 5.74) is 5.76. The van der Waals surface area contributed by atoms with Crippen LogP contribution in [0.25, 0.3) is 0 Å². The van der Waals surface area contributed by atoms with Gasteiger partial charge in [0.05, 0.1) is 5.02 Å². The molecule has 0 saturated heterocycles. The Hall–Kier alpha value is -1.53. The van der Waals surface area contributed by atoms with E-state index in [9.17, 15) is 9.18 Å². The number of aromatic nitrogens is 2. The summed E-state index contributed by atoms with van der Waals surface area (Å²) in [7, 11) is 0. The lowest BCUT2D eigenvalue weighted by Crippen LogP contribution is -2.09. The molecule has 0 aliphatic carbocycles. The van der Waals surface area contributed by atoms with Gasteiger partial charge < -0.3 is 10.7 Å². The lowest BCUT2D eigenvalue weighted by molar-refractivity contribution is 0.627. The van der Waals surface area contributed by atoms with Crippen molar-refractivity contribution in [1.82, 2.24) is 9.97 Å². The number of benzene rings is 1. The first-order valence-electron chi connectivity index (χ1n) is 4.99. The van der Waals surface area contributed by atoms with Gasteiger partial charge in [-0.2, -0.15) is 0 Å². The molecule has 4 nitrogen and oxygen atoms in total. The molecule has 0 radical (unpaired) electrons. The molecule has 94 valence electrons. The number of nitrogens with two attached hydrogens (primary N) is 1. The van der Waals surface area contributed by atoms with Crippen molar-refractivity contribution in [3.05, 3.63) is 51.0 Å². The van der Waals surface area contributed by atoms with Gasteiger partial charge >= 0.3 is 0 Å². The van der Waals surface area contributed by atoms with E-state index in [1.165, 1.54) is 23.9 Å². The molecule has 0 saturated carbocycles. The zero-order valence-electron chi connectivity index (χ0n) is 9.11. The lowest BCUT2D eigenvalue weighted by Gasteiger charge is -2.04. The Kier molecular flexibility index (Phi) is 3.88. The average molecular weight is 286 g/mol. The molecule has 3 N–H and O–H groups in total. The van der Waals surface area contributed by atoms with Crippen molar-refractivity contribution in [2.24, 2.45) is 0 Å². The highest BCUT2D eigenvalue weighted by Gasteiger charge is 2.07. The maximum absolute atomic E-state index is 13.2.